The van der Waals surface area contributed by atoms with E-state index in [0.717, 1.165) is 12.3 Å². The van der Waals surface area contributed by atoms with Gasteiger partial charge in [-0.15, -0.1) is 0 Å². The van der Waals surface area contributed by atoms with Crippen molar-refractivity contribution in [2.24, 2.45) is 0 Å². The van der Waals surface area contributed by atoms with E-state index in [2.05, 4.69) is 0 Å². The zero-order valence-corrected chi connectivity index (χ0v) is 12.8. The first-order valence-electron chi connectivity index (χ1n) is 5.73. The highest BCUT2D eigenvalue weighted by molar-refractivity contribution is 7.91. The van der Waals surface area contributed by atoms with Gasteiger partial charge in [0.15, 0.2) is 9.84 Å². The van der Waals surface area contributed by atoms with Crippen LogP contribution in [0.15, 0.2) is 28.0 Å². The standard InChI is InChI=1S/C11H14FNO6S2/c1-3-9(11(14)15)13-21(18,19)10-6-7(20(2,16)17)4-5-8(10)12/h4-6,9,13H,3H2,1-2H3,(H,14,15). The van der Waals surface area contributed by atoms with Gasteiger partial charge >= 0.3 is 5.97 Å². The highest BCUT2D eigenvalue weighted by Crippen LogP contribution is 2.20. The number of benzene rings is 1. The lowest BCUT2D eigenvalue weighted by atomic mass is 10.2. The third-order valence-electron chi connectivity index (χ3n) is 2.62. The largest absolute Gasteiger partial charge is 0.480 e. The first kappa shape index (κ1) is 17.5. The fraction of sp³-hybridized carbons (Fsp3) is 0.364. The van der Waals surface area contributed by atoms with Crippen LogP contribution in [0.1, 0.15) is 13.3 Å². The third-order valence-corrected chi connectivity index (χ3v) is 5.22. The molecule has 0 amide bonds. The average Bonchev–Trinajstić information content (AvgIpc) is 2.34. The molecule has 0 aliphatic heterocycles. The van der Waals surface area contributed by atoms with Crippen molar-refractivity contribution in [3.8, 4) is 0 Å². The minimum absolute atomic E-state index is 0.0536. The van der Waals surface area contributed by atoms with E-state index in [-0.39, 0.29) is 11.3 Å². The van der Waals surface area contributed by atoms with Crippen LogP contribution in [0, 0.1) is 5.82 Å². The summed E-state index contributed by atoms with van der Waals surface area (Å²) in [5.41, 5.74) is 0. The Morgan fingerprint density at radius 3 is 2.33 bits per heavy atom. The van der Waals surface area contributed by atoms with Crippen LogP contribution in [-0.2, 0) is 24.7 Å². The summed E-state index contributed by atoms with van der Waals surface area (Å²) in [5.74, 6) is -2.59. The first-order chi connectivity index (χ1) is 9.49. The van der Waals surface area contributed by atoms with E-state index in [0.29, 0.717) is 12.1 Å². The summed E-state index contributed by atoms with van der Waals surface area (Å²) in [7, 11) is -8.23. The van der Waals surface area contributed by atoms with E-state index >= 15 is 0 Å². The predicted molar refractivity (Wildman–Crippen MR) is 71.5 cm³/mol. The number of carboxylic acid groups (broad SMARTS) is 1. The maximum absolute atomic E-state index is 13.6. The molecule has 118 valence electrons. The Hall–Kier alpha value is -1.52. The Labute approximate surface area is 121 Å². The second-order valence-electron chi connectivity index (χ2n) is 4.28. The fourth-order valence-corrected chi connectivity index (χ4v) is 3.58. The zero-order chi connectivity index (χ0) is 16.4. The fourth-order valence-electron chi connectivity index (χ4n) is 1.48. The van der Waals surface area contributed by atoms with Crippen molar-refractivity contribution in [2.45, 2.75) is 29.2 Å². The molecule has 1 unspecified atom stereocenters. The summed E-state index contributed by atoms with van der Waals surface area (Å²) in [6.07, 6.45) is 0.790. The molecule has 0 spiro atoms. The van der Waals surface area contributed by atoms with Crippen molar-refractivity contribution >= 4 is 25.8 Å². The lowest BCUT2D eigenvalue weighted by Crippen LogP contribution is -2.40. The molecule has 21 heavy (non-hydrogen) atoms. The average molecular weight is 339 g/mol. The molecular formula is C11H14FNO6S2. The monoisotopic (exact) mass is 339 g/mol. The summed E-state index contributed by atoms with van der Waals surface area (Å²) in [6.45, 7) is 1.44. The van der Waals surface area contributed by atoms with E-state index < -0.39 is 42.6 Å². The van der Waals surface area contributed by atoms with Gasteiger partial charge in [-0.3, -0.25) is 4.79 Å². The van der Waals surface area contributed by atoms with E-state index in [9.17, 15) is 26.0 Å². The summed E-state index contributed by atoms with van der Waals surface area (Å²) < 4.78 is 62.2. The van der Waals surface area contributed by atoms with Crippen LogP contribution in [0.3, 0.4) is 0 Å². The van der Waals surface area contributed by atoms with Crippen LogP contribution in [0.2, 0.25) is 0 Å². The number of carbonyl (C=O) groups is 1. The van der Waals surface area contributed by atoms with Crippen molar-refractivity contribution < 1.29 is 31.1 Å². The van der Waals surface area contributed by atoms with Gasteiger partial charge in [-0.05, 0) is 24.6 Å². The molecule has 0 heterocycles. The maximum Gasteiger partial charge on any atom is 0.321 e. The highest BCUT2D eigenvalue weighted by Gasteiger charge is 2.27. The number of aliphatic carboxylic acids is 1. The molecule has 1 aromatic carbocycles. The maximum atomic E-state index is 13.6. The molecule has 1 rings (SSSR count). The van der Waals surface area contributed by atoms with Crippen LogP contribution in [0.25, 0.3) is 0 Å². The Morgan fingerprint density at radius 1 is 1.33 bits per heavy atom. The molecule has 0 radical (unpaired) electrons. The molecule has 0 fully saturated rings. The van der Waals surface area contributed by atoms with Crippen molar-refractivity contribution in [3.05, 3.63) is 24.0 Å². The number of rotatable bonds is 6. The van der Waals surface area contributed by atoms with E-state index in [1.165, 1.54) is 6.92 Å². The van der Waals surface area contributed by atoms with E-state index in [1.807, 2.05) is 4.72 Å². The number of sulfonamides is 1. The number of halogens is 1. The first-order valence-corrected chi connectivity index (χ1v) is 9.11. The lowest BCUT2D eigenvalue weighted by molar-refractivity contribution is -0.139. The van der Waals surface area contributed by atoms with Crippen LogP contribution in [0.5, 0.6) is 0 Å². The van der Waals surface area contributed by atoms with Crippen molar-refractivity contribution in [2.75, 3.05) is 6.26 Å². The van der Waals surface area contributed by atoms with E-state index in [1.54, 1.807) is 0 Å². The lowest BCUT2D eigenvalue weighted by Gasteiger charge is -2.13. The molecule has 0 aliphatic rings. The van der Waals surface area contributed by atoms with Gasteiger partial charge in [-0.25, -0.2) is 21.2 Å². The molecule has 0 bridgehead atoms. The Balaban J connectivity index is 3.35. The second kappa shape index (κ2) is 6.08. The Kier molecular flexibility index (Phi) is 5.07. The molecule has 0 aliphatic carbocycles. The Morgan fingerprint density at radius 2 is 1.90 bits per heavy atom. The molecule has 1 atom stereocenters. The summed E-state index contributed by atoms with van der Waals surface area (Å²) in [6, 6.07) is 0.850. The Bertz CT molecular complexity index is 757. The summed E-state index contributed by atoms with van der Waals surface area (Å²) in [5, 5.41) is 8.82. The molecule has 1 aromatic rings. The quantitative estimate of drug-likeness (QED) is 0.723. The normalized spacial score (nSPS) is 13.9. The van der Waals surface area contributed by atoms with Gasteiger partial charge < -0.3 is 5.11 Å². The molecule has 0 aromatic heterocycles. The van der Waals surface area contributed by atoms with Gasteiger partial charge in [-0.2, -0.15) is 4.72 Å². The van der Waals surface area contributed by atoms with Crippen LogP contribution in [-0.4, -0.2) is 40.2 Å². The molecule has 10 heteroatoms. The van der Waals surface area contributed by atoms with Crippen LogP contribution >= 0.6 is 0 Å². The number of hydrogen-bond donors (Lipinski definition) is 2. The van der Waals surface area contributed by atoms with Crippen molar-refractivity contribution in [3.63, 3.8) is 0 Å². The van der Waals surface area contributed by atoms with Gasteiger partial charge in [-0.1, -0.05) is 6.92 Å². The summed E-state index contributed by atoms with van der Waals surface area (Å²) >= 11 is 0. The van der Waals surface area contributed by atoms with Crippen LogP contribution in [0.4, 0.5) is 4.39 Å². The SMILES string of the molecule is CCC(NS(=O)(=O)c1cc(S(C)(=O)=O)ccc1F)C(=O)O. The second-order valence-corrected chi connectivity index (χ2v) is 7.98. The van der Waals surface area contributed by atoms with Crippen molar-refractivity contribution in [1.29, 1.82) is 0 Å². The molecular weight excluding hydrogens is 325 g/mol. The smallest absolute Gasteiger partial charge is 0.321 e. The zero-order valence-electron chi connectivity index (χ0n) is 11.2. The summed E-state index contributed by atoms with van der Waals surface area (Å²) in [4.78, 5) is 9.54. The molecule has 7 nitrogen and oxygen atoms in total. The van der Waals surface area contributed by atoms with Gasteiger partial charge in [0.05, 0.1) is 4.90 Å². The highest BCUT2D eigenvalue weighted by atomic mass is 32.2. The predicted octanol–water partition coefficient (Wildman–Crippen LogP) is 0.371. The number of sulfone groups is 1. The minimum atomic E-state index is -4.50. The topological polar surface area (TPSA) is 118 Å². The molecule has 0 saturated heterocycles. The van der Waals surface area contributed by atoms with E-state index in [4.69, 9.17) is 5.11 Å². The number of hydrogen-bond acceptors (Lipinski definition) is 5. The molecule has 2 N–H and O–H groups in total. The van der Waals surface area contributed by atoms with Gasteiger partial charge in [0, 0.05) is 6.26 Å². The van der Waals surface area contributed by atoms with Gasteiger partial charge in [0.1, 0.15) is 16.8 Å². The molecule has 0 saturated carbocycles. The third kappa shape index (κ3) is 4.22. The van der Waals surface area contributed by atoms with Gasteiger partial charge in [0.2, 0.25) is 10.0 Å². The minimum Gasteiger partial charge on any atom is -0.480 e. The number of carboxylic acids is 1. The van der Waals surface area contributed by atoms with Gasteiger partial charge in [0.25, 0.3) is 0 Å². The number of nitrogens with one attached hydrogen (secondary N) is 1. The van der Waals surface area contributed by atoms with Crippen molar-refractivity contribution in [1.82, 2.24) is 4.72 Å². The van der Waals surface area contributed by atoms with Crippen LogP contribution < -0.4 is 4.72 Å².